The topological polar surface area (TPSA) is 53.5 Å². The fraction of sp³-hybridized carbons (Fsp3) is 0.379. The molecule has 2 aliphatic heterocycles. The zero-order valence-electron chi connectivity index (χ0n) is 21.8. The summed E-state index contributed by atoms with van der Waals surface area (Å²) >= 11 is 1.83. The van der Waals surface area contributed by atoms with E-state index in [-0.39, 0.29) is 23.4 Å². The Morgan fingerprint density at radius 3 is 2.66 bits per heavy atom. The summed E-state index contributed by atoms with van der Waals surface area (Å²) < 4.78 is 36.7. The van der Waals surface area contributed by atoms with Crippen molar-refractivity contribution in [2.75, 3.05) is 43.5 Å². The fourth-order valence-corrected chi connectivity index (χ4v) is 6.63. The summed E-state index contributed by atoms with van der Waals surface area (Å²) in [5, 5.41) is 4.43. The van der Waals surface area contributed by atoms with E-state index in [2.05, 4.69) is 50.3 Å². The lowest BCUT2D eigenvalue weighted by molar-refractivity contribution is 0.257. The maximum atomic E-state index is 15.0. The first-order chi connectivity index (χ1) is 18.4. The molecule has 2 aliphatic rings. The number of hydrogen-bond acceptors (Lipinski definition) is 7. The normalized spacial score (nSPS) is 16.6. The van der Waals surface area contributed by atoms with E-state index in [9.17, 15) is 4.39 Å². The first-order valence-corrected chi connectivity index (χ1v) is 13.9. The SMILES string of the molecule is CC(C)N1CCOc2c(F)cc(-c3nc(Nc4ccc5cc(C6CCN(C)CC6)sc5c4)ncc3F)cc21. The van der Waals surface area contributed by atoms with Crippen molar-refractivity contribution in [1.82, 2.24) is 14.9 Å². The van der Waals surface area contributed by atoms with Gasteiger partial charge in [0.2, 0.25) is 5.95 Å². The molecule has 9 heteroatoms. The van der Waals surface area contributed by atoms with Crippen molar-refractivity contribution in [2.24, 2.45) is 0 Å². The molecule has 6 rings (SSSR count). The van der Waals surface area contributed by atoms with Crippen molar-refractivity contribution in [3.8, 4) is 17.0 Å². The number of ether oxygens (including phenoxy) is 1. The molecule has 0 bridgehead atoms. The van der Waals surface area contributed by atoms with Gasteiger partial charge in [0.25, 0.3) is 0 Å². The summed E-state index contributed by atoms with van der Waals surface area (Å²) in [5.41, 5.74) is 1.82. The van der Waals surface area contributed by atoms with E-state index in [4.69, 9.17) is 4.74 Å². The molecule has 0 spiro atoms. The van der Waals surface area contributed by atoms with E-state index < -0.39 is 11.6 Å². The lowest BCUT2D eigenvalue weighted by Gasteiger charge is -2.34. The van der Waals surface area contributed by atoms with Gasteiger partial charge in [-0.2, -0.15) is 0 Å². The van der Waals surface area contributed by atoms with Gasteiger partial charge in [-0.3, -0.25) is 0 Å². The molecule has 2 aromatic carbocycles. The number of nitrogens with one attached hydrogen (secondary N) is 1. The number of thiophene rings is 1. The third-order valence-electron chi connectivity index (χ3n) is 7.47. The molecule has 1 fully saturated rings. The highest BCUT2D eigenvalue weighted by Gasteiger charge is 2.26. The van der Waals surface area contributed by atoms with Crippen LogP contribution < -0.4 is 15.0 Å². The van der Waals surface area contributed by atoms with Crippen molar-refractivity contribution in [1.29, 1.82) is 0 Å². The number of nitrogens with zero attached hydrogens (tertiary/aromatic N) is 4. The first kappa shape index (κ1) is 25.0. The van der Waals surface area contributed by atoms with Crippen LogP contribution in [0, 0.1) is 11.6 Å². The smallest absolute Gasteiger partial charge is 0.227 e. The Balaban J connectivity index is 1.28. The zero-order valence-corrected chi connectivity index (χ0v) is 22.6. The average molecular weight is 536 g/mol. The van der Waals surface area contributed by atoms with Gasteiger partial charge in [0.15, 0.2) is 17.4 Å². The van der Waals surface area contributed by atoms with Gasteiger partial charge in [-0.1, -0.05) is 6.07 Å². The summed E-state index contributed by atoms with van der Waals surface area (Å²) in [6, 6.07) is 11.6. The number of piperidine rings is 1. The molecule has 0 aliphatic carbocycles. The van der Waals surface area contributed by atoms with E-state index in [1.807, 2.05) is 31.3 Å². The van der Waals surface area contributed by atoms with Crippen LogP contribution in [0.25, 0.3) is 21.3 Å². The standard InChI is InChI=1S/C29H31F2N5OS/c1-17(2)36-10-11-37-28-22(30)12-20(13-24(28)36)27-23(31)16-32-29(34-27)33-21-5-4-19-14-25(38-26(19)15-21)18-6-8-35(3)9-7-18/h4-5,12-18H,6-11H2,1-3H3,(H,32,33,34). The quantitative estimate of drug-likeness (QED) is 0.304. The summed E-state index contributed by atoms with van der Waals surface area (Å²) in [4.78, 5) is 14.5. The van der Waals surface area contributed by atoms with Crippen molar-refractivity contribution in [3.05, 3.63) is 59.1 Å². The molecule has 198 valence electrons. The van der Waals surface area contributed by atoms with E-state index in [0.29, 0.717) is 30.3 Å². The lowest BCUT2D eigenvalue weighted by Crippen LogP contribution is -2.38. The van der Waals surface area contributed by atoms with Crippen LogP contribution in [0.1, 0.15) is 37.5 Å². The highest BCUT2D eigenvalue weighted by molar-refractivity contribution is 7.19. The van der Waals surface area contributed by atoms with Crippen molar-refractivity contribution in [3.63, 3.8) is 0 Å². The maximum Gasteiger partial charge on any atom is 0.227 e. The fourth-order valence-electron chi connectivity index (χ4n) is 5.36. The van der Waals surface area contributed by atoms with E-state index in [0.717, 1.165) is 25.0 Å². The largest absolute Gasteiger partial charge is 0.486 e. The Labute approximate surface area is 225 Å². The van der Waals surface area contributed by atoms with Crippen molar-refractivity contribution in [2.45, 2.75) is 38.6 Å². The van der Waals surface area contributed by atoms with Crippen LogP contribution >= 0.6 is 11.3 Å². The molecule has 0 unspecified atom stereocenters. The van der Waals surface area contributed by atoms with E-state index >= 15 is 4.39 Å². The van der Waals surface area contributed by atoms with Crippen LogP contribution in [0.15, 0.2) is 42.6 Å². The predicted octanol–water partition coefficient (Wildman–Crippen LogP) is 6.80. The number of benzene rings is 2. The molecule has 4 aromatic rings. The number of anilines is 3. The summed E-state index contributed by atoms with van der Waals surface area (Å²) in [5.74, 6) is -0.0801. The third kappa shape index (κ3) is 4.80. The third-order valence-corrected chi connectivity index (χ3v) is 8.73. The highest BCUT2D eigenvalue weighted by atomic mass is 32.1. The maximum absolute atomic E-state index is 15.0. The van der Waals surface area contributed by atoms with E-state index in [1.165, 1.54) is 33.9 Å². The van der Waals surface area contributed by atoms with Gasteiger partial charge < -0.3 is 19.9 Å². The minimum atomic E-state index is -0.612. The minimum absolute atomic E-state index is 0.0419. The Bertz CT molecular complexity index is 1480. The Morgan fingerprint density at radius 1 is 1.05 bits per heavy atom. The van der Waals surface area contributed by atoms with Crippen LogP contribution in [0.2, 0.25) is 0 Å². The lowest BCUT2D eigenvalue weighted by atomic mass is 9.95. The Kier molecular flexibility index (Phi) is 6.65. The van der Waals surface area contributed by atoms with Gasteiger partial charge in [0.1, 0.15) is 12.3 Å². The van der Waals surface area contributed by atoms with Crippen LogP contribution in [0.3, 0.4) is 0 Å². The Hall–Kier alpha value is -3.30. The molecule has 0 amide bonds. The molecular weight excluding hydrogens is 504 g/mol. The van der Waals surface area contributed by atoms with Gasteiger partial charge in [-0.05, 0) is 88.5 Å². The zero-order chi connectivity index (χ0) is 26.4. The summed E-state index contributed by atoms with van der Waals surface area (Å²) in [6.45, 7) is 7.38. The van der Waals surface area contributed by atoms with Gasteiger partial charge >= 0.3 is 0 Å². The van der Waals surface area contributed by atoms with Crippen molar-refractivity contribution < 1.29 is 13.5 Å². The highest BCUT2D eigenvalue weighted by Crippen LogP contribution is 2.40. The van der Waals surface area contributed by atoms with Gasteiger partial charge in [-0.15, -0.1) is 11.3 Å². The monoisotopic (exact) mass is 535 g/mol. The number of fused-ring (bicyclic) bond motifs is 2. The molecule has 38 heavy (non-hydrogen) atoms. The van der Waals surface area contributed by atoms with Crippen LogP contribution in [-0.4, -0.2) is 54.2 Å². The average Bonchev–Trinajstić information content (AvgIpc) is 3.33. The van der Waals surface area contributed by atoms with Crippen LogP contribution in [0.4, 0.5) is 26.1 Å². The molecule has 2 aromatic heterocycles. The second kappa shape index (κ2) is 10.1. The predicted molar refractivity (Wildman–Crippen MR) is 150 cm³/mol. The number of hydrogen-bond donors (Lipinski definition) is 1. The molecule has 0 radical (unpaired) electrons. The first-order valence-electron chi connectivity index (χ1n) is 13.1. The number of rotatable bonds is 5. The molecule has 0 atom stereocenters. The molecule has 4 heterocycles. The molecular formula is C29H31F2N5OS. The van der Waals surface area contributed by atoms with E-state index in [1.54, 1.807) is 6.07 Å². The summed E-state index contributed by atoms with van der Waals surface area (Å²) in [6.07, 6.45) is 3.50. The second-order valence-electron chi connectivity index (χ2n) is 10.4. The number of halogens is 2. The van der Waals surface area contributed by atoms with Gasteiger partial charge in [0, 0.05) is 26.9 Å². The Morgan fingerprint density at radius 2 is 1.87 bits per heavy atom. The van der Waals surface area contributed by atoms with Crippen LogP contribution in [0.5, 0.6) is 5.75 Å². The van der Waals surface area contributed by atoms with Gasteiger partial charge in [-0.25, -0.2) is 18.7 Å². The van der Waals surface area contributed by atoms with Crippen molar-refractivity contribution >= 4 is 38.7 Å². The molecule has 1 N–H and O–H groups in total. The van der Waals surface area contributed by atoms with Gasteiger partial charge in [0.05, 0.1) is 18.4 Å². The molecule has 6 nitrogen and oxygen atoms in total. The molecule has 0 saturated carbocycles. The number of likely N-dealkylation sites (tertiary alicyclic amines) is 1. The van der Waals surface area contributed by atoms with Crippen LogP contribution in [-0.2, 0) is 0 Å². The summed E-state index contributed by atoms with van der Waals surface area (Å²) in [7, 11) is 2.18. The second-order valence-corrected chi connectivity index (χ2v) is 11.6. The number of aromatic nitrogens is 2. The molecule has 1 saturated heterocycles. The minimum Gasteiger partial charge on any atom is -0.486 e.